The molecule has 0 bridgehead atoms. The number of nitrogens with one attached hydrogen (secondary N) is 1. The minimum absolute atomic E-state index is 0.467. The highest BCUT2D eigenvalue weighted by Gasteiger charge is 2.35. The summed E-state index contributed by atoms with van der Waals surface area (Å²) in [6, 6.07) is 1.11. The molecule has 2 unspecified atom stereocenters. The van der Waals surface area contributed by atoms with Gasteiger partial charge in [0.2, 0.25) is 0 Å². The Kier molecular flexibility index (Phi) is 3.63. The predicted molar refractivity (Wildman–Crippen MR) is 77.8 cm³/mol. The molecule has 1 aromatic rings. The molecule has 2 aliphatic rings. The van der Waals surface area contributed by atoms with E-state index in [9.17, 15) is 0 Å². The Hall–Kier alpha value is -0.870. The molecule has 0 spiro atoms. The normalized spacial score (nSPS) is 27.3. The van der Waals surface area contributed by atoms with Gasteiger partial charge >= 0.3 is 0 Å². The number of piperidine rings is 1. The van der Waals surface area contributed by atoms with Gasteiger partial charge in [-0.05, 0) is 39.7 Å². The average molecular weight is 281 g/mol. The molecule has 2 atom stereocenters. The van der Waals surface area contributed by atoms with E-state index in [1.54, 1.807) is 0 Å². The minimum atomic E-state index is 0.467. The Balaban J connectivity index is 1.76. The molecule has 2 saturated heterocycles. The first kappa shape index (κ1) is 13.1. The number of fused-ring (bicyclic) bond motifs is 1. The summed E-state index contributed by atoms with van der Waals surface area (Å²) < 4.78 is 0. The fourth-order valence-electron chi connectivity index (χ4n) is 3.26. The van der Waals surface area contributed by atoms with Gasteiger partial charge in [-0.1, -0.05) is 18.0 Å². The van der Waals surface area contributed by atoms with Gasteiger partial charge in [-0.2, -0.15) is 0 Å². The van der Waals surface area contributed by atoms with Crippen LogP contribution in [0.25, 0.3) is 0 Å². The third-order valence-corrected chi connectivity index (χ3v) is 4.71. The van der Waals surface area contributed by atoms with E-state index < -0.39 is 0 Å². The van der Waals surface area contributed by atoms with Gasteiger partial charge in [0.15, 0.2) is 11.0 Å². The van der Waals surface area contributed by atoms with E-state index in [4.69, 9.17) is 11.6 Å². The van der Waals surface area contributed by atoms with Crippen molar-refractivity contribution in [2.75, 3.05) is 18.4 Å². The quantitative estimate of drug-likeness (QED) is 0.904. The van der Waals surface area contributed by atoms with Crippen molar-refractivity contribution in [3.8, 4) is 0 Å². The molecule has 3 rings (SSSR count). The first-order valence-corrected chi connectivity index (χ1v) is 7.54. The molecule has 3 heterocycles. The van der Waals surface area contributed by atoms with Crippen molar-refractivity contribution in [2.24, 2.45) is 0 Å². The number of anilines is 1. The van der Waals surface area contributed by atoms with Gasteiger partial charge in [0.25, 0.3) is 0 Å². The summed E-state index contributed by atoms with van der Waals surface area (Å²) in [5, 5.41) is 4.03. The summed E-state index contributed by atoms with van der Waals surface area (Å²) in [4.78, 5) is 11.5. The van der Waals surface area contributed by atoms with Gasteiger partial charge in [0.1, 0.15) is 0 Å². The SMILES string of the molecule is Cc1nc(Cl)c(NC2CCN3CCCCC23)nc1C. The molecule has 19 heavy (non-hydrogen) atoms. The van der Waals surface area contributed by atoms with Crippen molar-refractivity contribution in [3.63, 3.8) is 0 Å². The molecule has 0 radical (unpaired) electrons. The van der Waals surface area contributed by atoms with Crippen LogP contribution in [0.2, 0.25) is 5.15 Å². The van der Waals surface area contributed by atoms with E-state index in [1.165, 1.54) is 38.8 Å². The summed E-state index contributed by atoms with van der Waals surface area (Å²) in [7, 11) is 0. The topological polar surface area (TPSA) is 41.1 Å². The van der Waals surface area contributed by atoms with Crippen LogP contribution < -0.4 is 5.32 Å². The zero-order valence-corrected chi connectivity index (χ0v) is 12.4. The van der Waals surface area contributed by atoms with E-state index >= 15 is 0 Å². The lowest BCUT2D eigenvalue weighted by Gasteiger charge is -2.32. The Labute approximate surface area is 119 Å². The van der Waals surface area contributed by atoms with Gasteiger partial charge in [0, 0.05) is 18.6 Å². The Bertz CT molecular complexity index is 477. The van der Waals surface area contributed by atoms with Crippen LogP contribution in [0.15, 0.2) is 0 Å². The Morgan fingerprint density at radius 1 is 1.11 bits per heavy atom. The lowest BCUT2D eigenvalue weighted by molar-refractivity contribution is 0.192. The minimum Gasteiger partial charge on any atom is -0.363 e. The molecule has 0 aliphatic carbocycles. The lowest BCUT2D eigenvalue weighted by Crippen LogP contribution is -2.41. The number of nitrogens with zero attached hydrogens (tertiary/aromatic N) is 3. The summed E-state index contributed by atoms with van der Waals surface area (Å²) in [5.41, 5.74) is 1.85. The maximum Gasteiger partial charge on any atom is 0.171 e. The van der Waals surface area contributed by atoms with E-state index in [0.29, 0.717) is 17.2 Å². The van der Waals surface area contributed by atoms with Crippen molar-refractivity contribution < 1.29 is 0 Å². The Morgan fingerprint density at radius 2 is 1.89 bits per heavy atom. The first-order chi connectivity index (χ1) is 9.15. The second-order valence-electron chi connectivity index (χ2n) is 5.67. The highest BCUT2D eigenvalue weighted by atomic mass is 35.5. The third-order valence-electron chi connectivity index (χ3n) is 4.44. The molecule has 4 nitrogen and oxygen atoms in total. The largest absolute Gasteiger partial charge is 0.363 e. The van der Waals surface area contributed by atoms with Crippen LogP contribution in [-0.4, -0.2) is 40.0 Å². The average Bonchev–Trinajstić information content (AvgIpc) is 2.80. The molecule has 0 saturated carbocycles. The fourth-order valence-corrected chi connectivity index (χ4v) is 3.48. The first-order valence-electron chi connectivity index (χ1n) is 7.16. The summed E-state index contributed by atoms with van der Waals surface area (Å²) in [5.74, 6) is 0.752. The van der Waals surface area contributed by atoms with Crippen LogP contribution in [0.3, 0.4) is 0 Å². The van der Waals surface area contributed by atoms with Crippen LogP contribution in [0.1, 0.15) is 37.1 Å². The van der Waals surface area contributed by atoms with Gasteiger partial charge in [-0.25, -0.2) is 9.97 Å². The number of halogens is 1. The van der Waals surface area contributed by atoms with Crippen LogP contribution >= 0.6 is 11.6 Å². The Morgan fingerprint density at radius 3 is 2.74 bits per heavy atom. The highest BCUT2D eigenvalue weighted by Crippen LogP contribution is 2.30. The van der Waals surface area contributed by atoms with Crippen LogP contribution in [0.4, 0.5) is 5.82 Å². The zero-order chi connectivity index (χ0) is 13.4. The zero-order valence-electron chi connectivity index (χ0n) is 11.6. The van der Waals surface area contributed by atoms with Crippen molar-refractivity contribution in [1.29, 1.82) is 0 Å². The number of hydrogen-bond acceptors (Lipinski definition) is 4. The number of aromatic nitrogens is 2. The second-order valence-corrected chi connectivity index (χ2v) is 6.03. The molecular formula is C14H21ClN4. The molecule has 5 heteroatoms. The van der Waals surface area contributed by atoms with Gasteiger partial charge < -0.3 is 5.32 Å². The van der Waals surface area contributed by atoms with E-state index in [0.717, 1.165) is 17.2 Å². The number of hydrogen-bond donors (Lipinski definition) is 1. The lowest BCUT2D eigenvalue weighted by atomic mass is 9.99. The fraction of sp³-hybridized carbons (Fsp3) is 0.714. The smallest absolute Gasteiger partial charge is 0.171 e. The number of rotatable bonds is 2. The second kappa shape index (κ2) is 5.25. The molecular weight excluding hydrogens is 260 g/mol. The van der Waals surface area contributed by atoms with Gasteiger partial charge in [-0.15, -0.1) is 0 Å². The van der Waals surface area contributed by atoms with Gasteiger partial charge in [-0.3, -0.25) is 4.90 Å². The monoisotopic (exact) mass is 280 g/mol. The van der Waals surface area contributed by atoms with E-state index in [1.807, 2.05) is 13.8 Å². The highest BCUT2D eigenvalue weighted by molar-refractivity contribution is 6.31. The molecule has 104 valence electrons. The van der Waals surface area contributed by atoms with Crippen LogP contribution in [-0.2, 0) is 0 Å². The standard InChI is InChI=1S/C14H21ClN4/c1-9-10(2)17-14(13(15)16-9)18-11-6-8-19-7-4-3-5-12(11)19/h11-12H,3-8H2,1-2H3,(H,17,18). The van der Waals surface area contributed by atoms with Crippen molar-refractivity contribution >= 4 is 17.4 Å². The molecule has 2 fully saturated rings. The summed E-state index contributed by atoms with van der Waals surface area (Å²) in [6.45, 7) is 6.36. The van der Waals surface area contributed by atoms with E-state index in [2.05, 4.69) is 20.2 Å². The van der Waals surface area contributed by atoms with Crippen LogP contribution in [0, 0.1) is 13.8 Å². The molecule has 0 aromatic carbocycles. The summed E-state index contributed by atoms with van der Waals surface area (Å²) in [6.07, 6.45) is 5.14. The van der Waals surface area contributed by atoms with Gasteiger partial charge in [0.05, 0.1) is 11.4 Å². The molecule has 1 N–H and O–H groups in total. The summed E-state index contributed by atoms with van der Waals surface area (Å²) >= 11 is 6.21. The van der Waals surface area contributed by atoms with E-state index in [-0.39, 0.29) is 0 Å². The third kappa shape index (κ3) is 2.56. The number of aryl methyl sites for hydroxylation is 2. The maximum absolute atomic E-state index is 6.21. The van der Waals surface area contributed by atoms with Crippen LogP contribution in [0.5, 0.6) is 0 Å². The van der Waals surface area contributed by atoms with Crippen molar-refractivity contribution in [1.82, 2.24) is 14.9 Å². The molecule has 0 amide bonds. The van der Waals surface area contributed by atoms with Crippen molar-refractivity contribution in [3.05, 3.63) is 16.5 Å². The molecule has 2 aliphatic heterocycles. The van der Waals surface area contributed by atoms with Crippen molar-refractivity contribution in [2.45, 2.75) is 51.6 Å². The predicted octanol–water partition coefficient (Wildman–Crippen LogP) is 2.79. The maximum atomic E-state index is 6.21. The molecule has 1 aromatic heterocycles.